The fraction of sp³-hybridized carbons (Fsp3) is 0.231. The first-order valence-corrected chi connectivity index (χ1v) is 5.73. The van der Waals surface area contributed by atoms with Gasteiger partial charge in [-0.3, -0.25) is 9.89 Å². The highest BCUT2D eigenvalue weighted by Gasteiger charge is 2.03. The van der Waals surface area contributed by atoms with Gasteiger partial charge in [-0.05, 0) is 19.1 Å². The maximum Gasteiger partial charge on any atom is 0.228 e. The average Bonchev–Trinajstić information content (AvgIpc) is 2.84. The van der Waals surface area contributed by atoms with Crippen molar-refractivity contribution in [3.8, 4) is 5.75 Å². The smallest absolute Gasteiger partial charge is 0.228 e. The lowest BCUT2D eigenvalue weighted by Gasteiger charge is -2.06. The lowest BCUT2D eigenvalue weighted by molar-refractivity contribution is -0.116. The van der Waals surface area contributed by atoms with E-state index in [0.717, 1.165) is 5.75 Å². The zero-order chi connectivity index (χ0) is 12.8. The molecule has 94 valence electrons. The lowest BCUT2D eigenvalue weighted by atomic mass is 10.2. The van der Waals surface area contributed by atoms with Gasteiger partial charge in [0.05, 0.1) is 19.2 Å². The van der Waals surface area contributed by atoms with Crippen molar-refractivity contribution in [2.75, 3.05) is 11.9 Å². The van der Waals surface area contributed by atoms with Crippen LogP contribution in [0.3, 0.4) is 0 Å². The number of hydrogen-bond donors (Lipinski definition) is 2. The van der Waals surface area contributed by atoms with E-state index in [1.54, 1.807) is 12.3 Å². The molecule has 5 heteroatoms. The number of aromatic nitrogens is 2. The summed E-state index contributed by atoms with van der Waals surface area (Å²) in [6, 6.07) is 9.42. The van der Waals surface area contributed by atoms with Crippen molar-refractivity contribution in [3.63, 3.8) is 0 Å². The van der Waals surface area contributed by atoms with Gasteiger partial charge in [0.25, 0.3) is 0 Å². The summed E-state index contributed by atoms with van der Waals surface area (Å²) in [7, 11) is 0. The maximum absolute atomic E-state index is 11.5. The van der Waals surface area contributed by atoms with E-state index in [1.165, 1.54) is 5.56 Å². The molecule has 0 aliphatic rings. The Kier molecular flexibility index (Phi) is 3.96. The Balaban J connectivity index is 1.72. The highest BCUT2D eigenvalue weighted by atomic mass is 16.5. The number of nitrogens with zero attached hydrogens (tertiary/aromatic N) is 1. The third-order valence-corrected chi connectivity index (χ3v) is 2.39. The van der Waals surface area contributed by atoms with E-state index in [1.807, 2.05) is 31.2 Å². The third kappa shape index (κ3) is 3.62. The monoisotopic (exact) mass is 245 g/mol. The molecule has 0 saturated heterocycles. The molecule has 0 spiro atoms. The van der Waals surface area contributed by atoms with E-state index in [9.17, 15) is 4.79 Å². The normalized spacial score (nSPS) is 10.1. The quantitative estimate of drug-likeness (QED) is 0.848. The molecule has 1 aromatic heterocycles. The van der Waals surface area contributed by atoms with E-state index in [0.29, 0.717) is 18.8 Å². The van der Waals surface area contributed by atoms with Gasteiger partial charge in [0.15, 0.2) is 0 Å². The van der Waals surface area contributed by atoms with Gasteiger partial charge in [0.1, 0.15) is 11.6 Å². The van der Waals surface area contributed by atoms with E-state index in [2.05, 4.69) is 15.5 Å². The van der Waals surface area contributed by atoms with Gasteiger partial charge >= 0.3 is 0 Å². The molecular formula is C13H15N3O2. The van der Waals surface area contributed by atoms with Crippen molar-refractivity contribution in [3.05, 3.63) is 42.1 Å². The van der Waals surface area contributed by atoms with Crippen LogP contribution in [0.4, 0.5) is 5.82 Å². The van der Waals surface area contributed by atoms with Crippen LogP contribution < -0.4 is 10.1 Å². The van der Waals surface area contributed by atoms with E-state index >= 15 is 0 Å². The Morgan fingerprint density at radius 1 is 1.33 bits per heavy atom. The largest absolute Gasteiger partial charge is 0.493 e. The summed E-state index contributed by atoms with van der Waals surface area (Å²) >= 11 is 0. The van der Waals surface area contributed by atoms with Gasteiger partial charge in [-0.15, -0.1) is 0 Å². The molecule has 18 heavy (non-hydrogen) atoms. The molecule has 0 aliphatic carbocycles. The maximum atomic E-state index is 11.5. The Bertz CT molecular complexity index is 491. The second kappa shape index (κ2) is 5.86. The van der Waals surface area contributed by atoms with Crippen LogP contribution in [0.25, 0.3) is 0 Å². The van der Waals surface area contributed by atoms with Crippen molar-refractivity contribution in [2.45, 2.75) is 13.3 Å². The van der Waals surface area contributed by atoms with Crippen molar-refractivity contribution >= 4 is 11.7 Å². The summed E-state index contributed by atoms with van der Waals surface area (Å²) in [5.41, 5.74) is 1.18. The molecule has 1 amide bonds. The summed E-state index contributed by atoms with van der Waals surface area (Å²) in [5, 5.41) is 9.08. The van der Waals surface area contributed by atoms with Gasteiger partial charge in [0.2, 0.25) is 5.91 Å². The minimum Gasteiger partial charge on any atom is -0.493 e. The molecule has 5 nitrogen and oxygen atoms in total. The van der Waals surface area contributed by atoms with Gasteiger partial charge in [0, 0.05) is 6.07 Å². The number of anilines is 1. The summed E-state index contributed by atoms with van der Waals surface area (Å²) in [6.07, 6.45) is 1.88. The number of benzene rings is 1. The Morgan fingerprint density at radius 2 is 2.11 bits per heavy atom. The minimum atomic E-state index is -0.105. The number of aryl methyl sites for hydroxylation is 1. The van der Waals surface area contributed by atoms with Crippen molar-refractivity contribution < 1.29 is 9.53 Å². The summed E-state index contributed by atoms with van der Waals surface area (Å²) in [6.45, 7) is 2.37. The van der Waals surface area contributed by atoms with Crippen LogP contribution in [0.5, 0.6) is 5.75 Å². The molecule has 0 saturated carbocycles. The first-order chi connectivity index (χ1) is 8.74. The van der Waals surface area contributed by atoms with Crippen LogP contribution in [-0.2, 0) is 4.79 Å². The van der Waals surface area contributed by atoms with Gasteiger partial charge < -0.3 is 10.1 Å². The van der Waals surface area contributed by atoms with Gasteiger partial charge in [-0.25, -0.2) is 0 Å². The molecule has 0 fully saturated rings. The SMILES string of the molecule is Cc1ccc(OCCC(=O)Nc2ccn[nH]2)cc1. The number of hydrogen-bond acceptors (Lipinski definition) is 3. The van der Waals surface area contributed by atoms with Gasteiger partial charge in [-0.1, -0.05) is 17.7 Å². The highest BCUT2D eigenvalue weighted by molar-refractivity contribution is 5.89. The number of nitrogens with one attached hydrogen (secondary N) is 2. The Labute approximate surface area is 105 Å². The fourth-order valence-electron chi connectivity index (χ4n) is 1.43. The molecule has 1 aromatic carbocycles. The predicted molar refractivity (Wildman–Crippen MR) is 68.5 cm³/mol. The van der Waals surface area contributed by atoms with Crippen molar-refractivity contribution in [1.29, 1.82) is 0 Å². The number of carbonyl (C=O) groups excluding carboxylic acids is 1. The molecule has 2 rings (SSSR count). The Morgan fingerprint density at radius 3 is 2.78 bits per heavy atom. The number of amides is 1. The van der Waals surface area contributed by atoms with E-state index in [-0.39, 0.29) is 5.91 Å². The minimum absolute atomic E-state index is 0.105. The van der Waals surface area contributed by atoms with Crippen LogP contribution >= 0.6 is 0 Å². The molecule has 0 bridgehead atoms. The fourth-order valence-corrected chi connectivity index (χ4v) is 1.43. The molecule has 0 atom stereocenters. The second-order valence-electron chi connectivity index (χ2n) is 3.93. The third-order valence-electron chi connectivity index (χ3n) is 2.39. The van der Waals surface area contributed by atoms with E-state index < -0.39 is 0 Å². The molecule has 0 aliphatic heterocycles. The van der Waals surface area contributed by atoms with Crippen LogP contribution in [0.1, 0.15) is 12.0 Å². The molecule has 0 unspecified atom stereocenters. The molecular weight excluding hydrogens is 230 g/mol. The number of aromatic amines is 1. The van der Waals surface area contributed by atoms with Crippen LogP contribution in [0, 0.1) is 6.92 Å². The highest BCUT2D eigenvalue weighted by Crippen LogP contribution is 2.11. The Hall–Kier alpha value is -2.30. The lowest BCUT2D eigenvalue weighted by Crippen LogP contribution is -2.15. The number of H-pyrrole nitrogens is 1. The molecule has 0 radical (unpaired) electrons. The topological polar surface area (TPSA) is 67.0 Å². The molecule has 1 heterocycles. The van der Waals surface area contributed by atoms with Gasteiger partial charge in [-0.2, -0.15) is 5.10 Å². The summed E-state index contributed by atoms with van der Waals surface area (Å²) in [5.74, 6) is 1.26. The standard InChI is InChI=1S/C13H15N3O2/c1-10-2-4-11(5-3-10)18-9-7-13(17)15-12-6-8-14-16-12/h2-6,8H,7,9H2,1H3,(H2,14,15,16,17). The second-order valence-corrected chi connectivity index (χ2v) is 3.93. The predicted octanol–water partition coefficient (Wildman–Crippen LogP) is 2.13. The van der Waals surface area contributed by atoms with Crippen LogP contribution in [-0.4, -0.2) is 22.7 Å². The number of carbonyl (C=O) groups is 1. The number of ether oxygens (including phenoxy) is 1. The van der Waals surface area contributed by atoms with Crippen LogP contribution in [0.15, 0.2) is 36.5 Å². The van der Waals surface area contributed by atoms with E-state index in [4.69, 9.17) is 4.74 Å². The first-order valence-electron chi connectivity index (χ1n) is 5.73. The summed E-state index contributed by atoms with van der Waals surface area (Å²) in [4.78, 5) is 11.5. The van der Waals surface area contributed by atoms with Crippen molar-refractivity contribution in [2.24, 2.45) is 0 Å². The van der Waals surface area contributed by atoms with Crippen LogP contribution in [0.2, 0.25) is 0 Å². The average molecular weight is 245 g/mol. The zero-order valence-electron chi connectivity index (χ0n) is 10.1. The van der Waals surface area contributed by atoms with Crippen molar-refractivity contribution in [1.82, 2.24) is 10.2 Å². The number of rotatable bonds is 5. The zero-order valence-corrected chi connectivity index (χ0v) is 10.1. The molecule has 2 N–H and O–H groups in total. The summed E-state index contributed by atoms with van der Waals surface area (Å²) < 4.78 is 5.46. The molecule has 2 aromatic rings. The first kappa shape index (κ1) is 12.2.